The van der Waals surface area contributed by atoms with Gasteiger partial charge in [-0.1, -0.05) is 12.1 Å². The second-order valence-corrected chi connectivity index (χ2v) is 7.62. The molecule has 0 aliphatic carbocycles. The number of nitrogens with one attached hydrogen (secondary N) is 1. The molecule has 0 aromatic carbocycles. The first kappa shape index (κ1) is 13.4. The summed E-state index contributed by atoms with van der Waals surface area (Å²) in [6.07, 6.45) is 0. The van der Waals surface area contributed by atoms with Crippen LogP contribution in [0.5, 0.6) is 0 Å². The smallest absolute Gasteiger partial charge is 0.257 e. The minimum atomic E-state index is -3.52. The summed E-state index contributed by atoms with van der Waals surface area (Å²) in [7, 11) is -3.52. The fourth-order valence-corrected chi connectivity index (χ4v) is 4.13. The van der Waals surface area contributed by atoms with E-state index < -0.39 is 10.0 Å². The van der Waals surface area contributed by atoms with Crippen molar-refractivity contribution in [3.63, 3.8) is 0 Å². The molecule has 3 rings (SSSR count). The third-order valence-electron chi connectivity index (χ3n) is 2.37. The van der Waals surface area contributed by atoms with Crippen molar-refractivity contribution < 1.29 is 12.8 Å². The van der Waals surface area contributed by atoms with E-state index in [1.807, 2.05) is 17.5 Å². The van der Waals surface area contributed by atoms with Crippen molar-refractivity contribution in [1.82, 2.24) is 14.9 Å². The van der Waals surface area contributed by atoms with Gasteiger partial charge < -0.3 is 4.42 Å². The molecule has 20 heavy (non-hydrogen) atoms. The van der Waals surface area contributed by atoms with Gasteiger partial charge in [0.1, 0.15) is 4.21 Å². The molecule has 3 aromatic heterocycles. The summed E-state index contributed by atoms with van der Waals surface area (Å²) >= 11 is 2.63. The average Bonchev–Trinajstić information content (AvgIpc) is 3.16. The zero-order chi connectivity index (χ0) is 14.0. The molecule has 0 saturated carbocycles. The highest BCUT2D eigenvalue weighted by molar-refractivity contribution is 7.91. The lowest BCUT2D eigenvalue weighted by atomic mass is 10.5. The molecule has 3 aromatic rings. The Labute approximate surface area is 123 Å². The summed E-state index contributed by atoms with van der Waals surface area (Å²) in [5.74, 6) is 0.624. The summed E-state index contributed by atoms with van der Waals surface area (Å²) in [5.41, 5.74) is 0. The van der Waals surface area contributed by atoms with Gasteiger partial charge in [-0.25, -0.2) is 13.1 Å². The topological polar surface area (TPSA) is 85.1 Å². The SMILES string of the molecule is O=S(=O)(NCc1nnc(-c2cccs2)o1)c1cccs1. The first-order valence-corrected chi connectivity index (χ1v) is 8.79. The van der Waals surface area contributed by atoms with E-state index in [1.54, 1.807) is 11.4 Å². The van der Waals surface area contributed by atoms with E-state index in [0.29, 0.717) is 5.89 Å². The first-order valence-electron chi connectivity index (χ1n) is 5.54. The Morgan fingerprint density at radius 1 is 1.15 bits per heavy atom. The Morgan fingerprint density at radius 2 is 1.95 bits per heavy atom. The molecule has 0 aliphatic rings. The molecule has 0 aliphatic heterocycles. The molecule has 0 atom stereocenters. The van der Waals surface area contributed by atoms with Crippen LogP contribution in [0, 0.1) is 0 Å². The number of rotatable bonds is 5. The highest BCUT2D eigenvalue weighted by Gasteiger charge is 2.17. The molecule has 0 unspecified atom stereocenters. The third-order valence-corrected chi connectivity index (χ3v) is 6.03. The van der Waals surface area contributed by atoms with Gasteiger partial charge in [0.25, 0.3) is 15.9 Å². The molecule has 0 spiro atoms. The van der Waals surface area contributed by atoms with Crippen LogP contribution >= 0.6 is 22.7 Å². The van der Waals surface area contributed by atoms with Crippen LogP contribution in [0.25, 0.3) is 10.8 Å². The van der Waals surface area contributed by atoms with Crippen LogP contribution < -0.4 is 4.72 Å². The standard InChI is InChI=1S/C11H9N3O3S3/c15-20(16,10-4-2-6-19-10)12-7-9-13-14-11(17-9)8-3-1-5-18-8/h1-6,12H,7H2. The molecule has 0 fully saturated rings. The molecule has 1 N–H and O–H groups in total. The number of hydrogen-bond donors (Lipinski definition) is 1. The van der Waals surface area contributed by atoms with Gasteiger partial charge in [0, 0.05) is 0 Å². The molecular formula is C11H9N3O3S3. The van der Waals surface area contributed by atoms with Crippen LogP contribution in [-0.2, 0) is 16.6 Å². The Kier molecular flexibility index (Phi) is 3.66. The molecule has 0 amide bonds. The van der Waals surface area contributed by atoms with E-state index in [4.69, 9.17) is 4.42 Å². The number of nitrogens with zero attached hydrogens (tertiary/aromatic N) is 2. The number of sulfonamides is 1. The van der Waals surface area contributed by atoms with E-state index in [2.05, 4.69) is 14.9 Å². The van der Waals surface area contributed by atoms with Gasteiger partial charge >= 0.3 is 0 Å². The second kappa shape index (κ2) is 5.44. The van der Waals surface area contributed by atoms with Crippen molar-refractivity contribution in [3.05, 3.63) is 40.9 Å². The van der Waals surface area contributed by atoms with E-state index in [0.717, 1.165) is 16.2 Å². The fraction of sp³-hybridized carbons (Fsp3) is 0.0909. The van der Waals surface area contributed by atoms with Crippen LogP contribution in [0.2, 0.25) is 0 Å². The van der Waals surface area contributed by atoms with Crippen LogP contribution in [-0.4, -0.2) is 18.6 Å². The van der Waals surface area contributed by atoms with Crippen molar-refractivity contribution in [1.29, 1.82) is 0 Å². The maximum atomic E-state index is 11.9. The summed E-state index contributed by atoms with van der Waals surface area (Å²) in [6.45, 7) is -0.0292. The van der Waals surface area contributed by atoms with Gasteiger partial charge in [-0.05, 0) is 22.9 Å². The molecule has 0 bridgehead atoms. The van der Waals surface area contributed by atoms with E-state index in [1.165, 1.54) is 17.4 Å². The van der Waals surface area contributed by atoms with Gasteiger partial charge in [-0.2, -0.15) is 0 Å². The zero-order valence-electron chi connectivity index (χ0n) is 10.0. The average molecular weight is 327 g/mol. The molecule has 104 valence electrons. The highest BCUT2D eigenvalue weighted by Crippen LogP contribution is 2.23. The largest absolute Gasteiger partial charge is 0.418 e. The molecule has 3 heterocycles. The zero-order valence-corrected chi connectivity index (χ0v) is 12.5. The van der Waals surface area contributed by atoms with Crippen molar-refractivity contribution in [2.75, 3.05) is 0 Å². The van der Waals surface area contributed by atoms with Crippen LogP contribution in [0.3, 0.4) is 0 Å². The third kappa shape index (κ3) is 2.80. The maximum absolute atomic E-state index is 11.9. The van der Waals surface area contributed by atoms with Crippen LogP contribution in [0.4, 0.5) is 0 Å². The quantitative estimate of drug-likeness (QED) is 0.777. The van der Waals surface area contributed by atoms with Gasteiger partial charge in [-0.15, -0.1) is 32.9 Å². The lowest BCUT2D eigenvalue weighted by Gasteiger charge is -2.00. The van der Waals surface area contributed by atoms with Crippen molar-refractivity contribution in [2.45, 2.75) is 10.8 Å². The molecule has 0 saturated heterocycles. The minimum absolute atomic E-state index is 0.0292. The fourth-order valence-electron chi connectivity index (χ4n) is 1.47. The van der Waals surface area contributed by atoms with Crippen molar-refractivity contribution >= 4 is 32.7 Å². The van der Waals surface area contributed by atoms with Gasteiger partial charge in [0.05, 0.1) is 11.4 Å². The Morgan fingerprint density at radius 3 is 2.65 bits per heavy atom. The van der Waals surface area contributed by atoms with Crippen molar-refractivity contribution in [2.24, 2.45) is 0 Å². The van der Waals surface area contributed by atoms with Crippen LogP contribution in [0.1, 0.15) is 5.89 Å². The highest BCUT2D eigenvalue weighted by atomic mass is 32.2. The Balaban J connectivity index is 1.71. The minimum Gasteiger partial charge on any atom is -0.418 e. The van der Waals surface area contributed by atoms with Crippen molar-refractivity contribution in [3.8, 4) is 10.8 Å². The Hall–Kier alpha value is -1.55. The van der Waals surface area contributed by atoms with E-state index in [9.17, 15) is 8.42 Å². The van der Waals surface area contributed by atoms with Crippen LogP contribution in [0.15, 0.2) is 43.7 Å². The molecule has 9 heteroatoms. The lowest BCUT2D eigenvalue weighted by Crippen LogP contribution is -2.22. The van der Waals surface area contributed by atoms with E-state index >= 15 is 0 Å². The van der Waals surface area contributed by atoms with Gasteiger partial charge in [0.2, 0.25) is 5.89 Å². The normalized spacial score (nSPS) is 11.8. The first-order chi connectivity index (χ1) is 9.65. The molecule has 0 radical (unpaired) electrons. The number of aromatic nitrogens is 2. The second-order valence-electron chi connectivity index (χ2n) is 3.73. The monoisotopic (exact) mass is 327 g/mol. The lowest BCUT2D eigenvalue weighted by molar-refractivity contribution is 0.495. The maximum Gasteiger partial charge on any atom is 0.257 e. The Bertz CT molecular complexity index is 776. The molecule has 6 nitrogen and oxygen atoms in total. The summed E-state index contributed by atoms with van der Waals surface area (Å²) in [5, 5.41) is 11.3. The number of hydrogen-bond acceptors (Lipinski definition) is 7. The number of thiophene rings is 2. The predicted molar refractivity (Wildman–Crippen MR) is 76.0 cm³/mol. The van der Waals surface area contributed by atoms with Gasteiger partial charge in [-0.3, -0.25) is 0 Å². The van der Waals surface area contributed by atoms with Gasteiger partial charge in [0.15, 0.2) is 0 Å². The molecular weight excluding hydrogens is 318 g/mol. The summed E-state index contributed by atoms with van der Waals surface area (Å²) < 4.78 is 31.9. The van der Waals surface area contributed by atoms with E-state index in [-0.39, 0.29) is 16.6 Å². The predicted octanol–water partition coefficient (Wildman–Crippen LogP) is 2.34. The summed E-state index contributed by atoms with van der Waals surface area (Å²) in [6, 6.07) is 6.96. The summed E-state index contributed by atoms with van der Waals surface area (Å²) in [4.78, 5) is 0.852.